The summed E-state index contributed by atoms with van der Waals surface area (Å²) in [5.41, 5.74) is 1.14. The third kappa shape index (κ3) is 2.13. The number of phenols is 1. The highest BCUT2D eigenvalue weighted by Crippen LogP contribution is 2.41. The van der Waals surface area contributed by atoms with Crippen LogP contribution in [0.4, 0.5) is 0 Å². The predicted octanol–water partition coefficient (Wildman–Crippen LogP) is 2.04. The zero-order valence-corrected chi connectivity index (χ0v) is 9.77. The van der Waals surface area contributed by atoms with Gasteiger partial charge in [0.25, 0.3) is 0 Å². The fourth-order valence-electron chi connectivity index (χ4n) is 2.64. The molecule has 0 fully saturated rings. The van der Waals surface area contributed by atoms with Gasteiger partial charge in [-0.25, -0.2) is 0 Å². The predicted molar refractivity (Wildman–Crippen MR) is 62.0 cm³/mol. The Morgan fingerprint density at radius 3 is 2.94 bits per heavy atom. The number of carboxylic acid groups (broad SMARTS) is 1. The Balaban J connectivity index is 2.47. The fourth-order valence-corrected chi connectivity index (χ4v) is 2.64. The van der Waals surface area contributed by atoms with E-state index in [9.17, 15) is 9.90 Å². The quantitative estimate of drug-likeness (QED) is 0.842. The zero-order chi connectivity index (χ0) is 12.5. The number of methoxy groups -OCH3 is 1. The maximum absolute atomic E-state index is 11.0. The van der Waals surface area contributed by atoms with E-state index in [2.05, 4.69) is 0 Å². The van der Waals surface area contributed by atoms with Crippen LogP contribution in [0.3, 0.4) is 0 Å². The molecule has 1 aromatic carbocycles. The number of fused-ring (bicyclic) bond motifs is 1. The van der Waals surface area contributed by atoms with Crippen LogP contribution in [0.1, 0.15) is 30.4 Å². The van der Waals surface area contributed by atoms with Crippen molar-refractivity contribution in [2.75, 3.05) is 7.11 Å². The molecule has 0 spiro atoms. The van der Waals surface area contributed by atoms with Crippen LogP contribution in [-0.4, -0.2) is 23.3 Å². The third-order valence-corrected chi connectivity index (χ3v) is 3.43. The Bertz CT molecular complexity index is 441. The molecule has 4 nitrogen and oxygen atoms in total. The molecule has 0 aliphatic heterocycles. The number of aryl methyl sites for hydroxylation is 1. The SMILES string of the molecule is COC1(CC(=O)O)CCCc2cc(O)ccc21. The second-order valence-corrected chi connectivity index (χ2v) is 4.46. The van der Waals surface area contributed by atoms with Crippen molar-refractivity contribution in [3.8, 4) is 5.75 Å². The number of rotatable bonds is 3. The molecule has 2 N–H and O–H groups in total. The second-order valence-electron chi connectivity index (χ2n) is 4.46. The van der Waals surface area contributed by atoms with E-state index in [0.29, 0.717) is 6.42 Å². The summed E-state index contributed by atoms with van der Waals surface area (Å²) in [7, 11) is 1.55. The molecule has 0 saturated heterocycles. The first-order chi connectivity index (χ1) is 8.07. The molecule has 0 heterocycles. The van der Waals surface area contributed by atoms with Gasteiger partial charge in [-0.05, 0) is 42.5 Å². The number of carboxylic acids is 1. The standard InChI is InChI=1S/C13H16O4/c1-17-13(8-12(15)16)6-2-3-9-7-10(14)4-5-11(9)13/h4-5,7,14H,2-3,6,8H2,1H3,(H,15,16). The van der Waals surface area contributed by atoms with Crippen molar-refractivity contribution in [3.63, 3.8) is 0 Å². The van der Waals surface area contributed by atoms with Gasteiger partial charge in [-0.1, -0.05) is 6.07 Å². The van der Waals surface area contributed by atoms with Crippen molar-refractivity contribution in [2.45, 2.75) is 31.3 Å². The number of aromatic hydroxyl groups is 1. The number of benzene rings is 1. The van der Waals surface area contributed by atoms with E-state index in [1.165, 1.54) is 0 Å². The van der Waals surface area contributed by atoms with E-state index in [-0.39, 0.29) is 12.2 Å². The first-order valence-electron chi connectivity index (χ1n) is 5.67. The molecule has 1 atom stereocenters. The Morgan fingerprint density at radius 2 is 2.29 bits per heavy atom. The van der Waals surface area contributed by atoms with Crippen LogP contribution in [0.5, 0.6) is 5.75 Å². The highest BCUT2D eigenvalue weighted by molar-refractivity contribution is 5.69. The van der Waals surface area contributed by atoms with Crippen LogP contribution in [0, 0.1) is 0 Å². The normalized spacial score (nSPS) is 23.1. The molecule has 0 aromatic heterocycles. The van der Waals surface area contributed by atoms with Gasteiger partial charge in [0.2, 0.25) is 0 Å². The molecule has 1 aliphatic rings. The van der Waals surface area contributed by atoms with Gasteiger partial charge in [0, 0.05) is 7.11 Å². The molecule has 4 heteroatoms. The van der Waals surface area contributed by atoms with Crippen molar-refractivity contribution < 1.29 is 19.7 Å². The van der Waals surface area contributed by atoms with E-state index >= 15 is 0 Å². The minimum Gasteiger partial charge on any atom is -0.508 e. The third-order valence-electron chi connectivity index (χ3n) is 3.43. The van der Waals surface area contributed by atoms with Crippen molar-refractivity contribution in [1.29, 1.82) is 0 Å². The van der Waals surface area contributed by atoms with Crippen molar-refractivity contribution >= 4 is 5.97 Å². The molecule has 17 heavy (non-hydrogen) atoms. The first kappa shape index (κ1) is 11.9. The number of hydrogen-bond donors (Lipinski definition) is 2. The summed E-state index contributed by atoms with van der Waals surface area (Å²) in [4.78, 5) is 11.0. The first-order valence-corrected chi connectivity index (χ1v) is 5.67. The second kappa shape index (κ2) is 4.37. The molecule has 0 saturated carbocycles. The lowest BCUT2D eigenvalue weighted by Crippen LogP contribution is -2.35. The van der Waals surface area contributed by atoms with Crippen LogP contribution in [-0.2, 0) is 21.6 Å². The van der Waals surface area contributed by atoms with Crippen molar-refractivity contribution in [2.24, 2.45) is 0 Å². The molecular weight excluding hydrogens is 220 g/mol. The minimum atomic E-state index is -0.868. The van der Waals surface area contributed by atoms with Gasteiger partial charge < -0.3 is 14.9 Å². The summed E-state index contributed by atoms with van der Waals surface area (Å²) >= 11 is 0. The molecule has 0 amide bonds. The Labute approximate surface area is 99.8 Å². The highest BCUT2D eigenvalue weighted by Gasteiger charge is 2.38. The van der Waals surface area contributed by atoms with Crippen molar-refractivity contribution in [1.82, 2.24) is 0 Å². The summed E-state index contributed by atoms with van der Waals surface area (Å²) in [6, 6.07) is 5.06. The van der Waals surface area contributed by atoms with Gasteiger partial charge >= 0.3 is 5.97 Å². The molecule has 0 radical (unpaired) electrons. The number of ether oxygens (including phenoxy) is 1. The smallest absolute Gasteiger partial charge is 0.306 e. The average Bonchev–Trinajstić information content (AvgIpc) is 2.28. The summed E-state index contributed by atoms with van der Waals surface area (Å²) in [5.74, 6) is -0.654. The monoisotopic (exact) mass is 236 g/mol. The molecule has 1 aromatic rings. The van der Waals surface area contributed by atoms with Crippen LogP contribution >= 0.6 is 0 Å². The molecule has 92 valence electrons. The molecule has 0 bridgehead atoms. The zero-order valence-electron chi connectivity index (χ0n) is 9.77. The lowest BCUT2D eigenvalue weighted by Gasteiger charge is -2.37. The highest BCUT2D eigenvalue weighted by atomic mass is 16.5. The Hall–Kier alpha value is -1.55. The van der Waals surface area contributed by atoms with E-state index in [0.717, 1.165) is 24.0 Å². The average molecular weight is 236 g/mol. The van der Waals surface area contributed by atoms with E-state index in [1.807, 2.05) is 0 Å². The topological polar surface area (TPSA) is 66.8 Å². The molecular formula is C13H16O4. The Kier molecular flexibility index (Phi) is 3.07. The largest absolute Gasteiger partial charge is 0.508 e. The lowest BCUT2D eigenvalue weighted by atomic mass is 9.77. The van der Waals surface area contributed by atoms with Gasteiger partial charge in [0.05, 0.1) is 6.42 Å². The summed E-state index contributed by atoms with van der Waals surface area (Å²) in [5, 5.41) is 18.5. The van der Waals surface area contributed by atoms with Crippen LogP contribution in [0.25, 0.3) is 0 Å². The number of phenolic OH excluding ortho intramolecular Hbond substituents is 1. The summed E-state index contributed by atoms with van der Waals surface area (Å²) in [6.07, 6.45) is 2.39. The fraction of sp³-hybridized carbons (Fsp3) is 0.462. The van der Waals surface area contributed by atoms with Crippen LogP contribution < -0.4 is 0 Å². The molecule has 1 unspecified atom stereocenters. The van der Waals surface area contributed by atoms with Crippen LogP contribution in [0.2, 0.25) is 0 Å². The minimum absolute atomic E-state index is 0.0404. The number of aliphatic carboxylic acids is 1. The molecule has 2 rings (SSSR count). The number of hydrogen-bond acceptors (Lipinski definition) is 3. The van der Waals surface area contributed by atoms with Crippen molar-refractivity contribution in [3.05, 3.63) is 29.3 Å². The van der Waals surface area contributed by atoms with Crippen LogP contribution in [0.15, 0.2) is 18.2 Å². The maximum Gasteiger partial charge on any atom is 0.306 e. The lowest BCUT2D eigenvalue weighted by molar-refractivity contribution is -0.145. The Morgan fingerprint density at radius 1 is 1.53 bits per heavy atom. The van der Waals surface area contributed by atoms with Gasteiger partial charge in [0.1, 0.15) is 11.4 Å². The molecule has 1 aliphatic carbocycles. The number of carbonyl (C=O) groups is 1. The van der Waals surface area contributed by atoms with Gasteiger partial charge in [-0.3, -0.25) is 4.79 Å². The summed E-state index contributed by atoms with van der Waals surface area (Å²) in [6.45, 7) is 0. The van der Waals surface area contributed by atoms with Gasteiger partial charge in [-0.15, -0.1) is 0 Å². The summed E-state index contributed by atoms with van der Waals surface area (Å²) < 4.78 is 5.49. The van der Waals surface area contributed by atoms with Gasteiger partial charge in [0.15, 0.2) is 0 Å². The van der Waals surface area contributed by atoms with Gasteiger partial charge in [-0.2, -0.15) is 0 Å². The maximum atomic E-state index is 11.0. The van der Waals surface area contributed by atoms with E-state index < -0.39 is 11.6 Å². The van der Waals surface area contributed by atoms with E-state index in [4.69, 9.17) is 9.84 Å². The van der Waals surface area contributed by atoms with E-state index in [1.54, 1.807) is 25.3 Å².